The summed E-state index contributed by atoms with van der Waals surface area (Å²) in [5.41, 5.74) is 0.801. The molecule has 2 aromatic heterocycles. The standard InChI is InChI=1S/C10H9BrFN3O/c1-6-3-9(15(2)14-6)16-10-8(12)4-7(11)5-13-10/h3-5H,1-2H3. The van der Waals surface area contributed by atoms with Gasteiger partial charge < -0.3 is 4.74 Å². The normalized spacial score (nSPS) is 10.5. The third-order valence-corrected chi connectivity index (χ3v) is 2.37. The monoisotopic (exact) mass is 285 g/mol. The molecular weight excluding hydrogens is 277 g/mol. The van der Waals surface area contributed by atoms with E-state index >= 15 is 0 Å². The summed E-state index contributed by atoms with van der Waals surface area (Å²) in [4.78, 5) is 3.84. The van der Waals surface area contributed by atoms with Gasteiger partial charge in [0.2, 0.25) is 5.88 Å². The first-order valence-electron chi connectivity index (χ1n) is 4.56. The van der Waals surface area contributed by atoms with Gasteiger partial charge >= 0.3 is 0 Å². The van der Waals surface area contributed by atoms with E-state index in [1.165, 1.54) is 16.9 Å². The molecule has 2 aromatic rings. The Morgan fingerprint density at radius 1 is 1.44 bits per heavy atom. The number of hydrogen-bond acceptors (Lipinski definition) is 3. The lowest BCUT2D eigenvalue weighted by atomic mass is 10.4. The number of aromatic nitrogens is 3. The Morgan fingerprint density at radius 3 is 2.75 bits per heavy atom. The Bertz CT molecular complexity index is 527. The Morgan fingerprint density at radius 2 is 2.19 bits per heavy atom. The van der Waals surface area contributed by atoms with Crippen molar-refractivity contribution in [2.24, 2.45) is 7.05 Å². The first kappa shape index (κ1) is 11.1. The SMILES string of the molecule is Cc1cc(Oc2ncc(Br)cc2F)n(C)n1. The molecule has 0 saturated heterocycles. The Balaban J connectivity index is 2.30. The molecule has 0 fully saturated rings. The zero-order valence-electron chi connectivity index (χ0n) is 8.74. The molecule has 16 heavy (non-hydrogen) atoms. The van der Waals surface area contributed by atoms with Crippen LogP contribution in [0, 0.1) is 12.7 Å². The summed E-state index contributed by atoms with van der Waals surface area (Å²) in [6, 6.07) is 3.01. The summed E-state index contributed by atoms with van der Waals surface area (Å²) < 4.78 is 20.8. The van der Waals surface area contributed by atoms with E-state index < -0.39 is 5.82 Å². The van der Waals surface area contributed by atoms with E-state index in [0.29, 0.717) is 10.4 Å². The number of nitrogens with zero attached hydrogens (tertiary/aromatic N) is 3. The van der Waals surface area contributed by atoms with Crippen LogP contribution in [0.15, 0.2) is 22.8 Å². The molecule has 0 N–H and O–H groups in total. The zero-order chi connectivity index (χ0) is 11.7. The van der Waals surface area contributed by atoms with E-state index in [4.69, 9.17) is 4.74 Å². The molecule has 0 spiro atoms. The molecule has 0 aliphatic carbocycles. The topological polar surface area (TPSA) is 39.9 Å². The van der Waals surface area contributed by atoms with Crippen molar-refractivity contribution in [2.45, 2.75) is 6.92 Å². The third kappa shape index (κ3) is 2.21. The van der Waals surface area contributed by atoms with Crippen LogP contribution in [0.3, 0.4) is 0 Å². The Labute approximate surface area is 100 Å². The maximum absolute atomic E-state index is 13.4. The van der Waals surface area contributed by atoms with Crippen LogP contribution >= 0.6 is 15.9 Å². The highest BCUT2D eigenvalue weighted by Crippen LogP contribution is 2.24. The largest absolute Gasteiger partial charge is 0.418 e. The maximum atomic E-state index is 13.4. The fraction of sp³-hybridized carbons (Fsp3) is 0.200. The first-order valence-corrected chi connectivity index (χ1v) is 5.35. The van der Waals surface area contributed by atoms with E-state index in [1.54, 1.807) is 13.1 Å². The Kier molecular flexibility index (Phi) is 2.91. The summed E-state index contributed by atoms with van der Waals surface area (Å²) in [5.74, 6) is -0.134. The first-order chi connectivity index (χ1) is 7.56. The fourth-order valence-corrected chi connectivity index (χ4v) is 1.56. The van der Waals surface area contributed by atoms with Crippen molar-refractivity contribution in [2.75, 3.05) is 0 Å². The summed E-state index contributed by atoms with van der Waals surface area (Å²) in [7, 11) is 1.72. The summed E-state index contributed by atoms with van der Waals surface area (Å²) in [6.07, 6.45) is 1.47. The van der Waals surface area contributed by atoms with Crippen molar-refractivity contribution in [1.29, 1.82) is 0 Å². The number of hydrogen-bond donors (Lipinski definition) is 0. The average molecular weight is 286 g/mol. The van der Waals surface area contributed by atoms with E-state index in [1.807, 2.05) is 6.92 Å². The lowest BCUT2D eigenvalue weighted by molar-refractivity contribution is 0.387. The lowest BCUT2D eigenvalue weighted by Crippen LogP contribution is -1.98. The van der Waals surface area contributed by atoms with Crippen LogP contribution in [0.25, 0.3) is 0 Å². The van der Waals surface area contributed by atoms with Gasteiger partial charge in [-0.1, -0.05) is 0 Å². The second kappa shape index (κ2) is 4.21. The summed E-state index contributed by atoms with van der Waals surface area (Å²) in [5, 5.41) is 4.09. The molecule has 6 heteroatoms. The molecule has 0 aliphatic rings. The zero-order valence-corrected chi connectivity index (χ0v) is 10.3. The van der Waals surface area contributed by atoms with Gasteiger partial charge in [0.15, 0.2) is 5.82 Å². The van der Waals surface area contributed by atoms with Gasteiger partial charge in [-0.3, -0.25) is 0 Å². The maximum Gasteiger partial charge on any atom is 0.257 e. The van der Waals surface area contributed by atoms with Crippen molar-refractivity contribution in [3.05, 3.63) is 34.3 Å². The second-order valence-corrected chi connectivity index (χ2v) is 4.21. The highest BCUT2D eigenvalue weighted by molar-refractivity contribution is 9.10. The van der Waals surface area contributed by atoms with Crippen molar-refractivity contribution in [3.63, 3.8) is 0 Å². The molecule has 0 bridgehead atoms. The number of rotatable bonds is 2. The van der Waals surface area contributed by atoms with Crippen LogP contribution in [0.5, 0.6) is 11.8 Å². The number of pyridine rings is 1. The molecule has 0 aromatic carbocycles. The van der Waals surface area contributed by atoms with Crippen molar-refractivity contribution in [1.82, 2.24) is 14.8 Å². The van der Waals surface area contributed by atoms with Crippen LogP contribution in [-0.2, 0) is 7.05 Å². The molecule has 2 heterocycles. The van der Waals surface area contributed by atoms with Crippen molar-refractivity contribution in [3.8, 4) is 11.8 Å². The van der Waals surface area contributed by atoms with E-state index in [-0.39, 0.29) is 5.88 Å². The van der Waals surface area contributed by atoms with Gasteiger partial charge in [-0.05, 0) is 28.9 Å². The minimum Gasteiger partial charge on any atom is -0.418 e. The van der Waals surface area contributed by atoms with Gasteiger partial charge in [-0.25, -0.2) is 14.1 Å². The van der Waals surface area contributed by atoms with Crippen LogP contribution in [-0.4, -0.2) is 14.8 Å². The van der Waals surface area contributed by atoms with E-state index in [9.17, 15) is 4.39 Å². The van der Waals surface area contributed by atoms with E-state index in [0.717, 1.165) is 5.69 Å². The highest BCUT2D eigenvalue weighted by Gasteiger charge is 2.10. The lowest BCUT2D eigenvalue weighted by Gasteiger charge is -2.04. The Hall–Kier alpha value is -1.43. The van der Waals surface area contributed by atoms with Crippen LogP contribution in [0.2, 0.25) is 0 Å². The van der Waals surface area contributed by atoms with Gasteiger partial charge in [0, 0.05) is 23.8 Å². The third-order valence-electron chi connectivity index (χ3n) is 1.93. The van der Waals surface area contributed by atoms with Crippen LogP contribution in [0.4, 0.5) is 4.39 Å². The predicted molar refractivity (Wildman–Crippen MR) is 59.9 cm³/mol. The number of ether oxygens (including phenoxy) is 1. The van der Waals surface area contributed by atoms with Crippen molar-refractivity contribution < 1.29 is 9.13 Å². The van der Waals surface area contributed by atoms with Gasteiger partial charge in [0.05, 0.1) is 5.69 Å². The molecule has 0 unspecified atom stereocenters. The molecular formula is C10H9BrFN3O. The highest BCUT2D eigenvalue weighted by atomic mass is 79.9. The predicted octanol–water partition coefficient (Wildman–Crippen LogP) is 2.82. The summed E-state index contributed by atoms with van der Waals surface area (Å²) in [6.45, 7) is 1.83. The molecule has 2 rings (SSSR count). The van der Waals surface area contributed by atoms with Gasteiger partial charge in [-0.2, -0.15) is 5.10 Å². The van der Waals surface area contributed by atoms with Gasteiger partial charge in [-0.15, -0.1) is 0 Å². The van der Waals surface area contributed by atoms with Crippen molar-refractivity contribution >= 4 is 15.9 Å². The minimum absolute atomic E-state index is 0.0637. The quantitative estimate of drug-likeness (QED) is 0.852. The molecule has 0 saturated carbocycles. The van der Waals surface area contributed by atoms with Gasteiger partial charge in [0.1, 0.15) is 0 Å². The molecule has 0 atom stereocenters. The minimum atomic E-state index is -0.520. The van der Waals surface area contributed by atoms with E-state index in [2.05, 4.69) is 26.0 Å². The fourth-order valence-electron chi connectivity index (χ4n) is 1.26. The molecule has 0 aliphatic heterocycles. The number of aryl methyl sites for hydroxylation is 2. The van der Waals surface area contributed by atoms with Crippen LogP contribution in [0.1, 0.15) is 5.69 Å². The smallest absolute Gasteiger partial charge is 0.257 e. The van der Waals surface area contributed by atoms with Gasteiger partial charge in [0.25, 0.3) is 5.88 Å². The number of halogens is 2. The molecule has 0 radical (unpaired) electrons. The summed E-state index contributed by atoms with van der Waals surface area (Å²) >= 11 is 3.12. The molecule has 4 nitrogen and oxygen atoms in total. The molecule has 0 amide bonds. The second-order valence-electron chi connectivity index (χ2n) is 3.29. The average Bonchev–Trinajstić information content (AvgIpc) is 2.50. The van der Waals surface area contributed by atoms with Crippen LogP contribution < -0.4 is 4.74 Å². The molecule has 84 valence electrons.